The van der Waals surface area contributed by atoms with E-state index in [1.807, 2.05) is 31.3 Å². The fraction of sp³-hybridized carbons (Fsp3) is 0.478. The number of rotatable bonds is 4. The zero-order chi connectivity index (χ0) is 21.2. The Morgan fingerprint density at radius 2 is 1.90 bits per heavy atom. The number of aryl methyl sites for hydroxylation is 1. The normalized spacial score (nSPS) is 22.5. The maximum atomic E-state index is 12.9. The van der Waals surface area contributed by atoms with Crippen LogP contribution in [0.1, 0.15) is 30.7 Å². The van der Waals surface area contributed by atoms with E-state index in [9.17, 15) is 4.79 Å². The highest BCUT2D eigenvalue weighted by Gasteiger charge is 2.30. The molecule has 0 atom stereocenters. The van der Waals surface area contributed by atoms with Gasteiger partial charge in [0.25, 0.3) is 0 Å². The summed E-state index contributed by atoms with van der Waals surface area (Å²) in [6, 6.07) is 8.70. The molecular weight excluding hydrogens is 410 g/mol. The van der Waals surface area contributed by atoms with Crippen LogP contribution < -0.4 is 5.32 Å². The van der Waals surface area contributed by atoms with Crippen molar-refractivity contribution in [2.24, 2.45) is 5.92 Å². The van der Waals surface area contributed by atoms with Crippen LogP contribution in [0.25, 0.3) is 21.3 Å². The zero-order valence-electron chi connectivity index (χ0n) is 17.7. The Hall–Kier alpha value is -2.42. The third-order valence-corrected chi connectivity index (χ3v) is 7.26. The molecule has 0 unspecified atom stereocenters. The van der Waals surface area contributed by atoms with Crippen LogP contribution in [0.5, 0.6) is 0 Å². The Labute approximate surface area is 185 Å². The maximum Gasteiger partial charge on any atom is 0.228 e. The molecule has 0 bridgehead atoms. The van der Waals surface area contributed by atoms with Crippen molar-refractivity contribution in [3.05, 3.63) is 35.5 Å². The van der Waals surface area contributed by atoms with E-state index in [1.165, 1.54) is 0 Å². The molecule has 31 heavy (non-hydrogen) atoms. The SMILES string of the molecule is Cc1nnc(-c2ccc3cnc(NC(=O)[C@H]4CC[C@H](N5CCOCC5)CC4)cc3c2)s1. The first-order chi connectivity index (χ1) is 15.2. The van der Waals surface area contributed by atoms with Crippen LogP contribution >= 0.6 is 11.3 Å². The fourth-order valence-corrected chi connectivity index (χ4v) is 5.32. The van der Waals surface area contributed by atoms with Gasteiger partial charge in [0, 0.05) is 42.2 Å². The molecule has 2 aliphatic rings. The highest BCUT2D eigenvalue weighted by atomic mass is 32.1. The number of amides is 1. The molecule has 1 aromatic carbocycles. The van der Waals surface area contributed by atoms with E-state index in [0.717, 1.165) is 78.3 Å². The van der Waals surface area contributed by atoms with Crippen molar-refractivity contribution in [3.8, 4) is 10.6 Å². The lowest BCUT2D eigenvalue weighted by atomic mass is 9.84. The van der Waals surface area contributed by atoms with Gasteiger partial charge in [0.2, 0.25) is 5.91 Å². The summed E-state index contributed by atoms with van der Waals surface area (Å²) in [5.74, 6) is 0.757. The average Bonchev–Trinajstić information content (AvgIpc) is 3.25. The number of nitrogens with one attached hydrogen (secondary N) is 1. The second-order valence-corrected chi connectivity index (χ2v) is 9.58. The number of ether oxygens (including phenoxy) is 1. The van der Waals surface area contributed by atoms with Crippen molar-refractivity contribution in [3.63, 3.8) is 0 Å². The molecule has 8 heteroatoms. The van der Waals surface area contributed by atoms with Gasteiger partial charge in [0.05, 0.1) is 13.2 Å². The number of fused-ring (bicyclic) bond motifs is 1. The van der Waals surface area contributed by atoms with E-state index in [1.54, 1.807) is 11.3 Å². The Balaban J connectivity index is 1.24. The molecule has 1 saturated heterocycles. The molecule has 2 aromatic heterocycles. The number of carbonyl (C=O) groups is 1. The van der Waals surface area contributed by atoms with Gasteiger partial charge in [-0.05, 0) is 50.1 Å². The molecular formula is C23H27N5O2S. The van der Waals surface area contributed by atoms with Gasteiger partial charge in [-0.3, -0.25) is 9.69 Å². The van der Waals surface area contributed by atoms with E-state index in [2.05, 4.69) is 31.5 Å². The summed E-state index contributed by atoms with van der Waals surface area (Å²) in [7, 11) is 0. The Bertz CT molecular complexity index is 1070. The minimum Gasteiger partial charge on any atom is -0.379 e. The first-order valence-corrected chi connectivity index (χ1v) is 11.8. The molecule has 1 saturated carbocycles. The van der Waals surface area contributed by atoms with Gasteiger partial charge in [0.1, 0.15) is 15.8 Å². The molecule has 7 nitrogen and oxygen atoms in total. The maximum absolute atomic E-state index is 12.9. The number of morpholine rings is 1. The molecule has 3 aromatic rings. The summed E-state index contributed by atoms with van der Waals surface area (Å²) in [5.41, 5.74) is 1.03. The summed E-state index contributed by atoms with van der Waals surface area (Å²) in [5, 5.41) is 15.3. The van der Waals surface area contributed by atoms with Gasteiger partial charge in [-0.2, -0.15) is 0 Å². The molecule has 0 spiro atoms. The van der Waals surface area contributed by atoms with E-state index in [4.69, 9.17) is 4.74 Å². The molecule has 162 valence electrons. The summed E-state index contributed by atoms with van der Waals surface area (Å²) in [6.45, 7) is 5.64. The van der Waals surface area contributed by atoms with Crippen LogP contribution in [0.3, 0.4) is 0 Å². The van der Waals surface area contributed by atoms with Gasteiger partial charge in [-0.15, -0.1) is 10.2 Å². The van der Waals surface area contributed by atoms with Gasteiger partial charge in [0.15, 0.2) is 0 Å². The number of anilines is 1. The molecule has 1 N–H and O–H groups in total. The first kappa shape index (κ1) is 20.5. The average molecular weight is 438 g/mol. The number of hydrogen-bond acceptors (Lipinski definition) is 7. The summed E-state index contributed by atoms with van der Waals surface area (Å²) >= 11 is 1.58. The lowest BCUT2D eigenvalue weighted by Crippen LogP contribution is -2.45. The summed E-state index contributed by atoms with van der Waals surface area (Å²) in [6.07, 6.45) is 5.83. The van der Waals surface area contributed by atoms with Gasteiger partial charge in [-0.1, -0.05) is 23.5 Å². The highest BCUT2D eigenvalue weighted by molar-refractivity contribution is 7.14. The zero-order valence-corrected chi connectivity index (χ0v) is 18.5. The van der Waals surface area contributed by atoms with E-state index < -0.39 is 0 Å². The number of carbonyl (C=O) groups excluding carboxylic acids is 1. The number of aromatic nitrogens is 3. The summed E-state index contributed by atoms with van der Waals surface area (Å²) in [4.78, 5) is 19.9. The van der Waals surface area contributed by atoms with Crippen molar-refractivity contribution in [2.45, 2.75) is 38.6 Å². The first-order valence-electron chi connectivity index (χ1n) is 11.0. The van der Waals surface area contributed by atoms with E-state index in [0.29, 0.717) is 11.9 Å². The molecule has 5 rings (SSSR count). The second kappa shape index (κ2) is 8.98. The minimum atomic E-state index is 0.0606. The monoisotopic (exact) mass is 437 g/mol. The van der Waals surface area contributed by atoms with Crippen LogP contribution in [0.2, 0.25) is 0 Å². The Morgan fingerprint density at radius 3 is 2.65 bits per heavy atom. The fourth-order valence-electron chi connectivity index (χ4n) is 4.63. The Kier molecular flexibility index (Phi) is 5.93. The third kappa shape index (κ3) is 4.61. The predicted molar refractivity (Wildman–Crippen MR) is 122 cm³/mol. The van der Waals surface area contributed by atoms with Crippen molar-refractivity contribution in [1.82, 2.24) is 20.1 Å². The van der Waals surface area contributed by atoms with Crippen molar-refractivity contribution >= 4 is 33.8 Å². The number of nitrogens with zero attached hydrogens (tertiary/aromatic N) is 4. The molecule has 1 amide bonds. The molecule has 0 radical (unpaired) electrons. The number of benzene rings is 1. The molecule has 1 aliphatic heterocycles. The van der Waals surface area contributed by atoms with Crippen LogP contribution in [0.15, 0.2) is 30.5 Å². The second-order valence-electron chi connectivity index (χ2n) is 8.40. The van der Waals surface area contributed by atoms with E-state index >= 15 is 0 Å². The van der Waals surface area contributed by atoms with Crippen LogP contribution in [0.4, 0.5) is 5.82 Å². The molecule has 3 heterocycles. The Morgan fingerprint density at radius 1 is 1.10 bits per heavy atom. The van der Waals surface area contributed by atoms with Crippen molar-refractivity contribution in [1.29, 1.82) is 0 Å². The van der Waals surface area contributed by atoms with E-state index in [-0.39, 0.29) is 11.8 Å². The lowest BCUT2D eigenvalue weighted by Gasteiger charge is -2.38. The third-order valence-electron chi connectivity index (χ3n) is 6.38. The standard InChI is InChI=1S/C23H27N5O2S/c1-15-26-27-23(31-15)17-2-3-18-14-24-21(13-19(18)12-17)25-22(29)16-4-6-20(7-5-16)28-8-10-30-11-9-28/h2-3,12-14,16,20H,4-11H2,1H3,(H,24,25,29)/t16-,20-. The topological polar surface area (TPSA) is 80.2 Å². The smallest absolute Gasteiger partial charge is 0.228 e. The largest absolute Gasteiger partial charge is 0.379 e. The minimum absolute atomic E-state index is 0.0606. The van der Waals surface area contributed by atoms with Crippen molar-refractivity contribution < 1.29 is 9.53 Å². The number of pyridine rings is 1. The van der Waals surface area contributed by atoms with Crippen LogP contribution in [-0.2, 0) is 9.53 Å². The molecule has 1 aliphatic carbocycles. The molecule has 2 fully saturated rings. The van der Waals surface area contributed by atoms with Gasteiger partial charge < -0.3 is 10.1 Å². The quantitative estimate of drug-likeness (QED) is 0.667. The summed E-state index contributed by atoms with van der Waals surface area (Å²) < 4.78 is 5.46. The number of hydrogen-bond donors (Lipinski definition) is 1. The van der Waals surface area contributed by atoms with Gasteiger partial charge in [-0.25, -0.2) is 4.98 Å². The van der Waals surface area contributed by atoms with Crippen LogP contribution in [0, 0.1) is 12.8 Å². The van der Waals surface area contributed by atoms with Crippen molar-refractivity contribution in [2.75, 3.05) is 31.6 Å². The van der Waals surface area contributed by atoms with Crippen LogP contribution in [-0.4, -0.2) is 58.3 Å². The highest BCUT2D eigenvalue weighted by Crippen LogP contribution is 2.30. The lowest BCUT2D eigenvalue weighted by molar-refractivity contribution is -0.121. The van der Waals surface area contributed by atoms with Gasteiger partial charge >= 0.3 is 0 Å². The predicted octanol–water partition coefficient (Wildman–Crippen LogP) is 3.89.